The van der Waals surface area contributed by atoms with Gasteiger partial charge in [-0.1, -0.05) is 251 Å². The zero-order chi connectivity index (χ0) is 46.3. The third kappa shape index (κ3) is 46.8. The number of phosphoric ester groups is 1. The fourth-order valence-electron chi connectivity index (χ4n) is 7.95. The maximum absolute atomic E-state index is 12.7. The Labute approximate surface area is 386 Å². The third-order valence-electron chi connectivity index (χ3n) is 12.1. The van der Waals surface area contributed by atoms with Crippen LogP contribution in [0.5, 0.6) is 0 Å². The molecule has 0 saturated carbocycles. The van der Waals surface area contributed by atoms with Gasteiger partial charge in [-0.15, -0.1) is 0 Å². The number of hydrogen-bond donors (Lipinski definition) is 3. The summed E-state index contributed by atoms with van der Waals surface area (Å²) < 4.78 is 32.9. The van der Waals surface area contributed by atoms with Gasteiger partial charge in [0.05, 0.1) is 13.2 Å². The number of ether oxygens (including phenoxy) is 2. The van der Waals surface area contributed by atoms with E-state index in [1.165, 1.54) is 199 Å². The lowest BCUT2D eigenvalue weighted by Gasteiger charge is -2.20. The first kappa shape index (κ1) is 61.5. The normalized spacial score (nSPS) is 13.5. The summed E-state index contributed by atoms with van der Waals surface area (Å²) >= 11 is 0. The average molecular weight is 918 g/mol. The van der Waals surface area contributed by atoms with Crippen molar-refractivity contribution in [2.75, 3.05) is 19.8 Å². The van der Waals surface area contributed by atoms with Gasteiger partial charge in [0.25, 0.3) is 0 Å². The Kier molecular flexibility index (Phi) is 45.9. The van der Waals surface area contributed by atoms with Crippen LogP contribution in [0.15, 0.2) is 0 Å². The smallest absolute Gasteiger partial charge is 0.472 e. The van der Waals surface area contributed by atoms with Crippen LogP contribution in [0.2, 0.25) is 0 Å². The summed E-state index contributed by atoms with van der Waals surface area (Å²) in [7, 11) is -4.71. The van der Waals surface area contributed by atoms with E-state index >= 15 is 0 Å². The highest BCUT2D eigenvalue weighted by Crippen LogP contribution is 2.43. The highest BCUT2D eigenvalue weighted by atomic mass is 31.2. The van der Waals surface area contributed by atoms with E-state index in [0.29, 0.717) is 12.8 Å². The number of hydrogen-bond acceptors (Lipinski definition) is 9. The first-order chi connectivity index (χ1) is 30.6. The molecular formula is C51H100NO10P. The van der Waals surface area contributed by atoms with Crippen LogP contribution in [-0.4, -0.2) is 59.9 Å². The molecule has 0 saturated heterocycles. The molecule has 374 valence electrons. The summed E-state index contributed by atoms with van der Waals surface area (Å²) in [6, 6.07) is -1.52. The summed E-state index contributed by atoms with van der Waals surface area (Å²) in [5, 5.41) is 8.92. The van der Waals surface area contributed by atoms with E-state index in [1.807, 2.05) is 0 Å². The summed E-state index contributed by atoms with van der Waals surface area (Å²) in [6.07, 6.45) is 48.8. The van der Waals surface area contributed by atoms with E-state index < -0.39 is 51.1 Å². The second-order valence-corrected chi connectivity index (χ2v) is 19.8. The quantitative estimate of drug-likeness (QED) is 0.0301. The zero-order valence-electron chi connectivity index (χ0n) is 41.0. The molecule has 0 aliphatic heterocycles. The lowest BCUT2D eigenvalue weighted by Crippen LogP contribution is -2.34. The molecule has 0 amide bonds. The predicted octanol–water partition coefficient (Wildman–Crippen LogP) is 15.0. The highest BCUT2D eigenvalue weighted by molar-refractivity contribution is 7.47. The summed E-state index contributed by atoms with van der Waals surface area (Å²) in [5.74, 6) is -2.35. The van der Waals surface area contributed by atoms with Gasteiger partial charge in [0, 0.05) is 12.8 Å². The third-order valence-corrected chi connectivity index (χ3v) is 13.1. The Morgan fingerprint density at radius 3 is 1.00 bits per heavy atom. The molecular weight excluding hydrogens is 818 g/mol. The van der Waals surface area contributed by atoms with E-state index in [1.54, 1.807) is 0 Å². The van der Waals surface area contributed by atoms with Gasteiger partial charge in [0.2, 0.25) is 0 Å². The monoisotopic (exact) mass is 918 g/mol. The van der Waals surface area contributed by atoms with Gasteiger partial charge in [-0.25, -0.2) is 4.57 Å². The fourth-order valence-corrected chi connectivity index (χ4v) is 8.73. The molecule has 0 rings (SSSR count). The van der Waals surface area contributed by atoms with Crippen LogP contribution in [0, 0.1) is 0 Å². The van der Waals surface area contributed by atoms with Crippen molar-refractivity contribution >= 4 is 25.7 Å². The van der Waals surface area contributed by atoms with Gasteiger partial charge in [-0.3, -0.25) is 23.4 Å². The van der Waals surface area contributed by atoms with Crippen molar-refractivity contribution in [1.82, 2.24) is 0 Å². The molecule has 11 nitrogen and oxygen atoms in total. The van der Waals surface area contributed by atoms with Crippen LogP contribution in [0.4, 0.5) is 0 Å². The second kappa shape index (κ2) is 47.0. The molecule has 0 spiro atoms. The summed E-state index contributed by atoms with van der Waals surface area (Å²) in [5.41, 5.74) is 5.36. The van der Waals surface area contributed by atoms with Crippen LogP contribution in [0.25, 0.3) is 0 Å². The van der Waals surface area contributed by atoms with Crippen molar-refractivity contribution in [3.63, 3.8) is 0 Å². The summed E-state index contributed by atoms with van der Waals surface area (Å²) in [4.78, 5) is 46.2. The summed E-state index contributed by atoms with van der Waals surface area (Å²) in [6.45, 7) is 2.88. The predicted molar refractivity (Wildman–Crippen MR) is 259 cm³/mol. The molecule has 3 atom stereocenters. The van der Waals surface area contributed by atoms with Gasteiger partial charge in [0.15, 0.2) is 6.10 Å². The first-order valence-electron chi connectivity index (χ1n) is 26.6. The Morgan fingerprint density at radius 1 is 0.429 bits per heavy atom. The van der Waals surface area contributed by atoms with Gasteiger partial charge in [0.1, 0.15) is 12.6 Å². The number of rotatable bonds is 51. The van der Waals surface area contributed by atoms with E-state index in [-0.39, 0.29) is 19.4 Å². The number of carboxylic acids is 1. The van der Waals surface area contributed by atoms with Gasteiger partial charge < -0.3 is 25.2 Å². The van der Waals surface area contributed by atoms with E-state index in [0.717, 1.165) is 38.5 Å². The Hall–Kier alpha value is -1.52. The largest absolute Gasteiger partial charge is 0.480 e. The van der Waals surface area contributed by atoms with E-state index in [9.17, 15) is 23.8 Å². The fraction of sp³-hybridized carbons (Fsp3) is 0.941. The molecule has 4 N–H and O–H groups in total. The van der Waals surface area contributed by atoms with Crippen molar-refractivity contribution in [2.24, 2.45) is 5.73 Å². The van der Waals surface area contributed by atoms with Crippen LogP contribution < -0.4 is 5.73 Å². The maximum Gasteiger partial charge on any atom is 0.472 e. The Morgan fingerprint density at radius 2 is 0.698 bits per heavy atom. The van der Waals surface area contributed by atoms with Gasteiger partial charge in [-0.2, -0.15) is 0 Å². The number of nitrogens with two attached hydrogens (primary N) is 1. The maximum atomic E-state index is 12.7. The highest BCUT2D eigenvalue weighted by Gasteiger charge is 2.28. The number of phosphoric acid groups is 1. The number of carbonyl (C=O) groups is 3. The number of esters is 2. The molecule has 0 aliphatic carbocycles. The van der Waals surface area contributed by atoms with Crippen LogP contribution in [0.3, 0.4) is 0 Å². The first-order valence-corrected chi connectivity index (χ1v) is 28.1. The zero-order valence-corrected chi connectivity index (χ0v) is 41.8. The number of unbranched alkanes of at least 4 members (excludes halogenated alkanes) is 37. The molecule has 3 unspecified atom stereocenters. The van der Waals surface area contributed by atoms with Gasteiger partial charge >= 0.3 is 25.7 Å². The minimum absolute atomic E-state index is 0.170. The Balaban J connectivity index is 4.16. The number of carboxylic acid groups (broad SMARTS) is 1. The number of carbonyl (C=O) groups excluding carboxylic acids is 2. The molecule has 12 heteroatoms. The SMILES string of the molecule is CCCCCCCCCCCCCCCCCCCCCCCCC(=O)OC(COC(=O)CCCCCCCCCCCCCCCCCCC)COP(=O)(O)OCC(N)C(=O)O. The minimum atomic E-state index is -4.71. The van der Waals surface area contributed by atoms with Gasteiger partial charge in [-0.05, 0) is 12.8 Å². The lowest BCUT2D eigenvalue weighted by molar-refractivity contribution is -0.161. The molecule has 0 aliphatic rings. The molecule has 0 radical (unpaired) electrons. The molecule has 0 fully saturated rings. The molecule has 0 aromatic heterocycles. The van der Waals surface area contributed by atoms with Crippen molar-refractivity contribution < 1.29 is 47.5 Å². The van der Waals surface area contributed by atoms with Crippen LogP contribution in [-0.2, 0) is 37.5 Å². The van der Waals surface area contributed by atoms with E-state index in [4.69, 9.17) is 29.4 Å². The molecule has 0 aromatic rings. The molecule has 0 heterocycles. The standard InChI is InChI=1S/C51H100NO10P/c1-3-5-7-9-11-13-15-17-19-21-22-23-24-25-27-29-31-33-35-37-39-41-43-50(54)62-47(45-60-63(57,58)61-46-48(52)51(55)56)44-59-49(53)42-40-38-36-34-32-30-28-26-20-18-16-14-12-10-8-6-4-2/h47-48H,3-46,52H2,1-2H3,(H,55,56)(H,57,58). The molecule has 0 bridgehead atoms. The lowest BCUT2D eigenvalue weighted by atomic mass is 10.0. The van der Waals surface area contributed by atoms with Crippen molar-refractivity contribution in [3.8, 4) is 0 Å². The topological polar surface area (TPSA) is 172 Å². The van der Waals surface area contributed by atoms with Crippen LogP contribution >= 0.6 is 7.82 Å². The van der Waals surface area contributed by atoms with Crippen molar-refractivity contribution in [3.05, 3.63) is 0 Å². The second-order valence-electron chi connectivity index (χ2n) is 18.4. The van der Waals surface area contributed by atoms with Crippen molar-refractivity contribution in [2.45, 2.75) is 289 Å². The molecule has 63 heavy (non-hydrogen) atoms. The minimum Gasteiger partial charge on any atom is -0.480 e. The van der Waals surface area contributed by atoms with Crippen LogP contribution in [0.1, 0.15) is 277 Å². The molecule has 0 aromatic carbocycles. The van der Waals surface area contributed by atoms with E-state index in [2.05, 4.69) is 13.8 Å². The Bertz CT molecular complexity index is 1080. The number of aliphatic carboxylic acids is 1. The van der Waals surface area contributed by atoms with Crippen molar-refractivity contribution in [1.29, 1.82) is 0 Å². The average Bonchev–Trinajstić information content (AvgIpc) is 3.26.